The maximum Gasteiger partial charge on any atom is 0.414 e. The maximum atomic E-state index is 11.7. The highest BCUT2D eigenvalue weighted by atomic mass is 16.6. The monoisotopic (exact) mass is 356 g/mol. The van der Waals surface area contributed by atoms with E-state index in [-0.39, 0.29) is 13.2 Å². The summed E-state index contributed by atoms with van der Waals surface area (Å²) in [4.78, 5) is 46.4. The number of nitrogens with one attached hydrogen (secondary N) is 2. The molecule has 8 nitrogen and oxygen atoms in total. The summed E-state index contributed by atoms with van der Waals surface area (Å²) >= 11 is 0. The molecule has 134 valence electrons. The van der Waals surface area contributed by atoms with Crippen molar-refractivity contribution in [3.63, 3.8) is 0 Å². The number of rotatable bonds is 5. The number of amides is 4. The average Bonchev–Trinajstić information content (AvgIpc) is 2.66. The summed E-state index contributed by atoms with van der Waals surface area (Å²) in [5, 5.41) is 4.06. The minimum absolute atomic E-state index is 0.277. The molecule has 0 atom stereocenters. The molecule has 0 saturated heterocycles. The van der Waals surface area contributed by atoms with E-state index in [1.54, 1.807) is 60.7 Å². The molecule has 0 radical (unpaired) electrons. The molecule has 0 spiro atoms. The van der Waals surface area contributed by atoms with Crippen molar-refractivity contribution >= 4 is 24.0 Å². The molecule has 0 heterocycles. The third kappa shape index (κ3) is 6.08. The van der Waals surface area contributed by atoms with Gasteiger partial charge in [-0.2, -0.15) is 0 Å². The van der Waals surface area contributed by atoms with E-state index in [9.17, 15) is 19.2 Å². The smallest absolute Gasteiger partial charge is 0.414 e. The van der Waals surface area contributed by atoms with Gasteiger partial charge in [0.15, 0.2) is 0 Å². The molecule has 2 rings (SSSR count). The Bertz CT molecular complexity index is 709. The van der Waals surface area contributed by atoms with Gasteiger partial charge in [0.25, 0.3) is 11.8 Å². The van der Waals surface area contributed by atoms with Gasteiger partial charge >= 0.3 is 12.2 Å². The third-order valence-corrected chi connectivity index (χ3v) is 3.05. The topological polar surface area (TPSA) is 111 Å². The molecule has 0 fully saturated rings. The zero-order valence-electron chi connectivity index (χ0n) is 13.6. The molecule has 0 aliphatic carbocycles. The van der Waals surface area contributed by atoms with Gasteiger partial charge in [-0.25, -0.2) is 9.59 Å². The van der Waals surface area contributed by atoms with E-state index in [0.29, 0.717) is 11.1 Å². The summed E-state index contributed by atoms with van der Waals surface area (Å²) in [6.45, 7) is -0.554. The van der Waals surface area contributed by atoms with Crippen molar-refractivity contribution < 1.29 is 28.7 Å². The molecule has 0 unspecified atom stereocenters. The number of benzene rings is 2. The number of carbonyl (C=O) groups is 4. The van der Waals surface area contributed by atoms with E-state index in [1.807, 2.05) is 10.6 Å². The molecule has 2 N–H and O–H groups in total. The van der Waals surface area contributed by atoms with E-state index < -0.39 is 24.0 Å². The van der Waals surface area contributed by atoms with Gasteiger partial charge in [-0.05, 0) is 24.3 Å². The molecule has 0 aromatic heterocycles. The molecule has 2 aromatic rings. The van der Waals surface area contributed by atoms with Gasteiger partial charge < -0.3 is 9.47 Å². The normalized spacial score (nSPS) is 9.69. The summed E-state index contributed by atoms with van der Waals surface area (Å²) in [5.41, 5.74) is 0.610. The fourth-order valence-electron chi connectivity index (χ4n) is 1.85. The number of hydrogen-bond acceptors (Lipinski definition) is 6. The van der Waals surface area contributed by atoms with Crippen molar-refractivity contribution in [3.05, 3.63) is 71.8 Å². The SMILES string of the molecule is O=C(NC(=O)c1ccccc1)OCCOC(=O)NC(=O)c1ccccc1. The van der Waals surface area contributed by atoms with Crippen LogP contribution >= 0.6 is 0 Å². The van der Waals surface area contributed by atoms with Crippen LogP contribution in [0.25, 0.3) is 0 Å². The summed E-state index contributed by atoms with van der Waals surface area (Å²) < 4.78 is 9.43. The van der Waals surface area contributed by atoms with Crippen LogP contribution in [0.1, 0.15) is 20.7 Å². The molecule has 2 aromatic carbocycles. The Morgan fingerprint density at radius 2 is 0.962 bits per heavy atom. The van der Waals surface area contributed by atoms with Crippen molar-refractivity contribution in [2.24, 2.45) is 0 Å². The lowest BCUT2D eigenvalue weighted by molar-refractivity contribution is 0.0794. The average molecular weight is 356 g/mol. The second kappa shape index (κ2) is 9.58. The largest absolute Gasteiger partial charge is 0.446 e. The summed E-state index contributed by atoms with van der Waals surface area (Å²) in [6.07, 6.45) is -1.94. The van der Waals surface area contributed by atoms with E-state index in [0.717, 1.165) is 0 Å². The van der Waals surface area contributed by atoms with E-state index in [1.165, 1.54) is 0 Å². The van der Waals surface area contributed by atoms with Crippen LogP contribution in [-0.2, 0) is 9.47 Å². The third-order valence-electron chi connectivity index (χ3n) is 3.05. The number of carbonyl (C=O) groups excluding carboxylic acids is 4. The standard InChI is InChI=1S/C18H16N2O6/c21-15(13-7-3-1-4-8-13)19-17(23)25-11-12-26-18(24)20-16(22)14-9-5-2-6-10-14/h1-10H,11-12H2,(H,19,21,23)(H,20,22,24). The maximum absolute atomic E-state index is 11.7. The summed E-state index contributed by atoms with van der Waals surface area (Å²) in [7, 11) is 0. The fraction of sp³-hybridized carbons (Fsp3) is 0.111. The zero-order valence-corrected chi connectivity index (χ0v) is 13.6. The van der Waals surface area contributed by atoms with Crippen LogP contribution in [0.4, 0.5) is 9.59 Å². The van der Waals surface area contributed by atoms with Crippen molar-refractivity contribution in [2.45, 2.75) is 0 Å². The Kier molecular flexibility index (Phi) is 6.87. The first kappa shape index (κ1) is 18.7. The lowest BCUT2D eigenvalue weighted by Gasteiger charge is -2.08. The molecular weight excluding hydrogens is 340 g/mol. The molecule has 26 heavy (non-hydrogen) atoms. The second-order valence-electron chi connectivity index (χ2n) is 4.91. The van der Waals surface area contributed by atoms with Crippen LogP contribution < -0.4 is 10.6 Å². The first-order chi connectivity index (χ1) is 12.6. The van der Waals surface area contributed by atoms with Crippen LogP contribution in [-0.4, -0.2) is 37.2 Å². The van der Waals surface area contributed by atoms with E-state index in [2.05, 4.69) is 0 Å². The Labute approximate surface area is 149 Å². The van der Waals surface area contributed by atoms with Gasteiger partial charge in [0.1, 0.15) is 13.2 Å². The van der Waals surface area contributed by atoms with Crippen LogP contribution in [0.2, 0.25) is 0 Å². The quantitative estimate of drug-likeness (QED) is 0.794. The van der Waals surface area contributed by atoms with E-state index in [4.69, 9.17) is 9.47 Å². The molecule has 0 aliphatic rings. The zero-order chi connectivity index (χ0) is 18.8. The van der Waals surface area contributed by atoms with Crippen molar-refractivity contribution in [1.82, 2.24) is 10.6 Å². The number of imide groups is 2. The Balaban J connectivity index is 1.63. The van der Waals surface area contributed by atoms with Crippen LogP contribution in [0.5, 0.6) is 0 Å². The Morgan fingerprint density at radius 1 is 0.615 bits per heavy atom. The highest BCUT2D eigenvalue weighted by Crippen LogP contribution is 1.99. The fourth-order valence-corrected chi connectivity index (χ4v) is 1.85. The predicted octanol–water partition coefficient (Wildman–Crippen LogP) is 2.12. The Morgan fingerprint density at radius 3 is 1.31 bits per heavy atom. The van der Waals surface area contributed by atoms with Gasteiger partial charge in [-0.3, -0.25) is 20.2 Å². The van der Waals surface area contributed by atoms with Gasteiger partial charge in [0, 0.05) is 11.1 Å². The molecule has 0 aliphatic heterocycles. The molecule has 4 amide bonds. The molecule has 0 saturated carbocycles. The van der Waals surface area contributed by atoms with Gasteiger partial charge in [-0.15, -0.1) is 0 Å². The number of alkyl carbamates (subject to hydrolysis) is 2. The molecule has 8 heteroatoms. The highest BCUT2D eigenvalue weighted by Gasteiger charge is 2.12. The summed E-state index contributed by atoms with van der Waals surface area (Å²) in [6, 6.07) is 16.3. The lowest BCUT2D eigenvalue weighted by Crippen LogP contribution is -2.33. The highest BCUT2D eigenvalue weighted by molar-refractivity contribution is 6.03. The van der Waals surface area contributed by atoms with Crippen LogP contribution in [0.15, 0.2) is 60.7 Å². The minimum Gasteiger partial charge on any atom is -0.446 e. The second-order valence-corrected chi connectivity index (χ2v) is 4.91. The van der Waals surface area contributed by atoms with Crippen molar-refractivity contribution in [1.29, 1.82) is 0 Å². The Hall–Kier alpha value is -3.68. The van der Waals surface area contributed by atoms with Crippen molar-refractivity contribution in [3.8, 4) is 0 Å². The molecule has 0 bridgehead atoms. The summed E-state index contributed by atoms with van der Waals surface area (Å²) in [5.74, 6) is -1.22. The van der Waals surface area contributed by atoms with Gasteiger partial charge in [-0.1, -0.05) is 36.4 Å². The van der Waals surface area contributed by atoms with E-state index >= 15 is 0 Å². The van der Waals surface area contributed by atoms with Gasteiger partial charge in [0.05, 0.1) is 0 Å². The first-order valence-corrected chi connectivity index (χ1v) is 7.62. The van der Waals surface area contributed by atoms with Crippen molar-refractivity contribution in [2.75, 3.05) is 13.2 Å². The lowest BCUT2D eigenvalue weighted by atomic mass is 10.2. The van der Waals surface area contributed by atoms with Crippen LogP contribution in [0.3, 0.4) is 0 Å². The predicted molar refractivity (Wildman–Crippen MR) is 90.5 cm³/mol. The van der Waals surface area contributed by atoms with Gasteiger partial charge in [0.2, 0.25) is 0 Å². The molecular formula is C18H16N2O6. The number of ether oxygens (including phenoxy) is 2. The number of hydrogen-bond donors (Lipinski definition) is 2. The van der Waals surface area contributed by atoms with Crippen LogP contribution in [0, 0.1) is 0 Å². The first-order valence-electron chi connectivity index (χ1n) is 7.62. The minimum atomic E-state index is -0.969.